The summed E-state index contributed by atoms with van der Waals surface area (Å²) in [6.45, 7) is 4.77. The van der Waals surface area contributed by atoms with E-state index in [0.29, 0.717) is 29.8 Å². The first-order valence-electron chi connectivity index (χ1n) is 8.87. The summed E-state index contributed by atoms with van der Waals surface area (Å²) >= 11 is 0. The highest BCUT2D eigenvalue weighted by atomic mass is 19.3. The number of Topliss-reactive ketones (excluding diaryl/α,β-unsaturated/α-hetero) is 1. The minimum absolute atomic E-state index is 0.0102. The van der Waals surface area contributed by atoms with Crippen molar-refractivity contribution in [1.82, 2.24) is 5.32 Å². The Bertz CT molecular complexity index is 715. The lowest BCUT2D eigenvalue weighted by Gasteiger charge is -2.20. The average Bonchev–Trinajstić information content (AvgIpc) is 2.77. The third kappa shape index (κ3) is 4.86. The zero-order chi connectivity index (χ0) is 19.3. The molecule has 0 unspecified atom stereocenters. The number of nitrogens with zero attached hydrogens (tertiary/aromatic N) is 1. The number of aryl methyl sites for hydroxylation is 1. The van der Waals surface area contributed by atoms with Gasteiger partial charge in [0.15, 0.2) is 5.78 Å². The van der Waals surface area contributed by atoms with Gasteiger partial charge >= 0.3 is 5.92 Å². The fourth-order valence-corrected chi connectivity index (χ4v) is 2.79. The summed E-state index contributed by atoms with van der Waals surface area (Å²) in [5, 5.41) is 6.36. The number of halogens is 2. The third-order valence-corrected chi connectivity index (χ3v) is 4.24. The quantitative estimate of drug-likeness (QED) is 0.614. The molecule has 0 saturated heterocycles. The van der Waals surface area contributed by atoms with Crippen LogP contribution in [0, 0.1) is 6.92 Å². The predicted molar refractivity (Wildman–Crippen MR) is 97.5 cm³/mol. The third-order valence-electron chi connectivity index (χ3n) is 4.24. The molecular weight excluding hydrogens is 340 g/mol. The largest absolute Gasteiger partial charge is 0.350 e. The van der Waals surface area contributed by atoms with Gasteiger partial charge in [0.05, 0.1) is 5.69 Å². The van der Waals surface area contributed by atoms with Gasteiger partial charge in [0.2, 0.25) is 0 Å². The highest BCUT2D eigenvalue weighted by Crippen LogP contribution is 2.33. The predicted octanol–water partition coefficient (Wildman–Crippen LogP) is 3.91. The van der Waals surface area contributed by atoms with Gasteiger partial charge in [-0.2, -0.15) is 13.9 Å². The van der Waals surface area contributed by atoms with Gasteiger partial charge in [0.1, 0.15) is 5.71 Å². The summed E-state index contributed by atoms with van der Waals surface area (Å²) in [7, 11) is 0. The number of hydrogen-bond acceptors (Lipinski definition) is 4. The zero-order valence-electron chi connectivity index (χ0n) is 15.4. The van der Waals surface area contributed by atoms with E-state index in [0.717, 1.165) is 19.3 Å². The molecule has 2 N–H and O–H groups in total. The number of carbonyl (C=O) groups excluding carboxylic acids is 2. The van der Waals surface area contributed by atoms with E-state index < -0.39 is 11.8 Å². The molecular formula is C19H25F2N3O2. The average molecular weight is 365 g/mol. The standard InChI is InChI=1S/C19H25F2N3O2/c1-12(2)22-18(26)19(20,21)15-11-14(10-9-13(15)3)23-24-16-7-5-4-6-8-17(16)25/h9-12,23H,4-8H2,1-3H3,(H,22,26)/b24-16-. The monoisotopic (exact) mass is 365 g/mol. The molecule has 1 amide bonds. The van der Waals surface area contributed by atoms with Crippen LogP contribution in [0.15, 0.2) is 23.3 Å². The van der Waals surface area contributed by atoms with Crippen LogP contribution in [0.5, 0.6) is 0 Å². The van der Waals surface area contributed by atoms with Gasteiger partial charge in [-0.15, -0.1) is 0 Å². The molecule has 0 radical (unpaired) electrons. The topological polar surface area (TPSA) is 70.6 Å². The second-order valence-corrected chi connectivity index (χ2v) is 6.89. The molecule has 2 rings (SSSR count). The Morgan fingerprint density at radius 2 is 1.88 bits per heavy atom. The van der Waals surface area contributed by atoms with E-state index in [2.05, 4.69) is 15.8 Å². The van der Waals surface area contributed by atoms with Crippen LogP contribution >= 0.6 is 0 Å². The molecule has 0 atom stereocenters. The molecule has 26 heavy (non-hydrogen) atoms. The van der Waals surface area contributed by atoms with E-state index in [-0.39, 0.29) is 17.4 Å². The number of benzene rings is 1. The van der Waals surface area contributed by atoms with E-state index in [1.807, 2.05) is 0 Å². The van der Waals surface area contributed by atoms with E-state index >= 15 is 0 Å². The Morgan fingerprint density at radius 3 is 2.58 bits per heavy atom. The smallest absolute Gasteiger partial charge is 0.348 e. The van der Waals surface area contributed by atoms with Crippen LogP contribution in [0.25, 0.3) is 0 Å². The normalized spacial score (nSPS) is 17.3. The van der Waals surface area contributed by atoms with Gasteiger partial charge in [-0.25, -0.2) is 0 Å². The van der Waals surface area contributed by atoms with Gasteiger partial charge in [0.25, 0.3) is 5.91 Å². The Morgan fingerprint density at radius 1 is 1.19 bits per heavy atom. The first-order chi connectivity index (χ1) is 12.2. The van der Waals surface area contributed by atoms with Crippen LogP contribution in [0.1, 0.15) is 57.1 Å². The number of alkyl halides is 2. The Hall–Kier alpha value is -2.31. The van der Waals surface area contributed by atoms with Crippen molar-refractivity contribution in [2.45, 2.75) is 64.8 Å². The molecule has 0 spiro atoms. The van der Waals surface area contributed by atoms with Crippen molar-refractivity contribution in [3.8, 4) is 0 Å². The molecule has 1 aromatic carbocycles. The minimum Gasteiger partial charge on any atom is -0.348 e. The van der Waals surface area contributed by atoms with Crippen LogP contribution in [-0.4, -0.2) is 23.4 Å². The molecule has 1 aromatic rings. The summed E-state index contributed by atoms with van der Waals surface area (Å²) < 4.78 is 29.1. The van der Waals surface area contributed by atoms with Crippen molar-refractivity contribution >= 4 is 23.1 Å². The van der Waals surface area contributed by atoms with E-state index in [1.165, 1.54) is 19.1 Å². The molecule has 1 aliphatic rings. The first kappa shape index (κ1) is 20.0. The second-order valence-electron chi connectivity index (χ2n) is 6.89. The van der Waals surface area contributed by atoms with Crippen molar-refractivity contribution in [3.05, 3.63) is 29.3 Å². The molecule has 5 nitrogen and oxygen atoms in total. The molecule has 1 aliphatic carbocycles. The second kappa shape index (κ2) is 8.38. The lowest BCUT2D eigenvalue weighted by atomic mass is 10.0. The number of nitrogens with one attached hydrogen (secondary N) is 2. The first-order valence-corrected chi connectivity index (χ1v) is 8.87. The SMILES string of the molecule is Cc1ccc(N/N=C2/CCCCCC2=O)cc1C(F)(F)C(=O)NC(C)C. The number of amides is 1. The number of hydrogen-bond donors (Lipinski definition) is 2. The number of carbonyl (C=O) groups is 2. The molecule has 1 saturated carbocycles. The van der Waals surface area contributed by atoms with Crippen LogP contribution in [0.3, 0.4) is 0 Å². The highest BCUT2D eigenvalue weighted by Gasteiger charge is 2.42. The van der Waals surface area contributed by atoms with Crippen LogP contribution < -0.4 is 10.7 Å². The van der Waals surface area contributed by atoms with Crippen molar-refractivity contribution in [2.75, 3.05) is 5.43 Å². The summed E-state index contributed by atoms with van der Waals surface area (Å²) in [4.78, 5) is 23.8. The molecule has 7 heteroatoms. The van der Waals surface area contributed by atoms with E-state index in [4.69, 9.17) is 0 Å². The number of anilines is 1. The summed E-state index contributed by atoms with van der Waals surface area (Å²) in [6.07, 6.45) is 3.77. The summed E-state index contributed by atoms with van der Waals surface area (Å²) in [5.74, 6) is -5.00. The lowest BCUT2D eigenvalue weighted by molar-refractivity contribution is -0.147. The van der Waals surface area contributed by atoms with Gasteiger partial charge in [-0.1, -0.05) is 12.5 Å². The maximum atomic E-state index is 14.5. The number of rotatable bonds is 5. The maximum absolute atomic E-state index is 14.5. The van der Waals surface area contributed by atoms with Gasteiger partial charge in [-0.3, -0.25) is 15.0 Å². The summed E-state index contributed by atoms with van der Waals surface area (Å²) in [5.41, 5.74) is 3.37. The molecule has 142 valence electrons. The zero-order valence-corrected chi connectivity index (χ0v) is 15.4. The van der Waals surface area contributed by atoms with Crippen LogP contribution in [0.2, 0.25) is 0 Å². The lowest BCUT2D eigenvalue weighted by Crippen LogP contribution is -2.41. The van der Waals surface area contributed by atoms with E-state index in [1.54, 1.807) is 19.9 Å². The Labute approximate surface area is 152 Å². The van der Waals surface area contributed by atoms with Crippen molar-refractivity contribution in [3.63, 3.8) is 0 Å². The van der Waals surface area contributed by atoms with Crippen molar-refractivity contribution in [1.29, 1.82) is 0 Å². The number of hydrazone groups is 1. The Kier molecular flexibility index (Phi) is 6.45. The fraction of sp³-hybridized carbons (Fsp3) is 0.526. The molecule has 0 heterocycles. The summed E-state index contributed by atoms with van der Waals surface area (Å²) in [6, 6.07) is 3.92. The van der Waals surface area contributed by atoms with Gasteiger partial charge < -0.3 is 5.32 Å². The van der Waals surface area contributed by atoms with Crippen molar-refractivity contribution in [2.24, 2.45) is 5.10 Å². The van der Waals surface area contributed by atoms with Gasteiger partial charge in [-0.05, 0) is 57.7 Å². The van der Waals surface area contributed by atoms with Crippen LogP contribution in [0.4, 0.5) is 14.5 Å². The van der Waals surface area contributed by atoms with Crippen LogP contribution in [-0.2, 0) is 15.5 Å². The van der Waals surface area contributed by atoms with Gasteiger partial charge in [0, 0.05) is 18.0 Å². The molecule has 0 bridgehead atoms. The fourth-order valence-electron chi connectivity index (χ4n) is 2.79. The Balaban J connectivity index is 2.23. The minimum atomic E-state index is -3.66. The molecule has 0 aliphatic heterocycles. The molecule has 0 aromatic heterocycles. The highest BCUT2D eigenvalue weighted by molar-refractivity contribution is 6.40. The maximum Gasteiger partial charge on any atom is 0.350 e. The number of ketones is 1. The van der Waals surface area contributed by atoms with Crippen molar-refractivity contribution < 1.29 is 18.4 Å². The molecule has 1 fully saturated rings. The van der Waals surface area contributed by atoms with E-state index in [9.17, 15) is 18.4 Å².